The molecule has 134 valence electrons. The van der Waals surface area contributed by atoms with Crippen LogP contribution in [-0.2, 0) is 14.8 Å². The van der Waals surface area contributed by atoms with Gasteiger partial charge in [0.2, 0.25) is 15.9 Å². The van der Waals surface area contributed by atoms with Crippen molar-refractivity contribution in [1.82, 2.24) is 9.62 Å². The molecular formula is C18H28N2O3S. The van der Waals surface area contributed by atoms with Crippen molar-refractivity contribution in [3.63, 3.8) is 0 Å². The van der Waals surface area contributed by atoms with E-state index in [9.17, 15) is 13.2 Å². The molecule has 1 N–H and O–H groups in total. The van der Waals surface area contributed by atoms with E-state index >= 15 is 0 Å². The molecule has 1 saturated heterocycles. The number of rotatable bonds is 5. The van der Waals surface area contributed by atoms with Gasteiger partial charge in [0, 0.05) is 18.6 Å². The molecule has 2 rings (SSSR count). The monoisotopic (exact) mass is 352 g/mol. The molecule has 0 bridgehead atoms. The fraction of sp³-hybridized carbons (Fsp3) is 0.611. The molecular weight excluding hydrogens is 324 g/mol. The van der Waals surface area contributed by atoms with E-state index in [0.29, 0.717) is 17.9 Å². The standard InChI is InChI=1S/C18H28N2O3S/c1-5-18(3,4)19-17(21)15-7-6-12-20(13-15)24(22,23)16-10-8-14(2)9-11-16/h8-11,15H,5-7,12-13H2,1-4H3,(H,19,21). The van der Waals surface area contributed by atoms with E-state index in [1.165, 1.54) is 4.31 Å². The summed E-state index contributed by atoms with van der Waals surface area (Å²) < 4.78 is 27.1. The van der Waals surface area contributed by atoms with Crippen LogP contribution in [0.4, 0.5) is 0 Å². The van der Waals surface area contributed by atoms with Gasteiger partial charge in [-0.3, -0.25) is 4.79 Å². The summed E-state index contributed by atoms with van der Waals surface area (Å²) in [5, 5.41) is 3.03. The highest BCUT2D eigenvalue weighted by molar-refractivity contribution is 7.89. The molecule has 0 spiro atoms. The summed E-state index contributed by atoms with van der Waals surface area (Å²) in [7, 11) is -3.54. The molecule has 6 heteroatoms. The highest BCUT2D eigenvalue weighted by atomic mass is 32.2. The van der Waals surface area contributed by atoms with Crippen LogP contribution >= 0.6 is 0 Å². The van der Waals surface area contributed by atoms with Gasteiger partial charge in [0.25, 0.3) is 0 Å². The number of nitrogens with zero attached hydrogens (tertiary/aromatic N) is 1. The van der Waals surface area contributed by atoms with Crippen molar-refractivity contribution in [2.24, 2.45) is 5.92 Å². The molecule has 24 heavy (non-hydrogen) atoms. The Labute approximate surface area is 145 Å². The van der Waals surface area contributed by atoms with E-state index in [0.717, 1.165) is 18.4 Å². The van der Waals surface area contributed by atoms with Gasteiger partial charge in [0.05, 0.1) is 10.8 Å². The van der Waals surface area contributed by atoms with Crippen molar-refractivity contribution in [3.05, 3.63) is 29.8 Å². The van der Waals surface area contributed by atoms with E-state index in [1.54, 1.807) is 24.3 Å². The Bertz CT molecular complexity index is 681. The predicted molar refractivity (Wildman–Crippen MR) is 95.2 cm³/mol. The minimum Gasteiger partial charge on any atom is -0.351 e. The maximum absolute atomic E-state index is 12.8. The van der Waals surface area contributed by atoms with Gasteiger partial charge in [0.15, 0.2) is 0 Å². The lowest BCUT2D eigenvalue weighted by atomic mass is 9.95. The molecule has 1 heterocycles. The summed E-state index contributed by atoms with van der Waals surface area (Å²) in [6.45, 7) is 8.63. The minimum absolute atomic E-state index is 0.0503. The Hall–Kier alpha value is -1.40. The van der Waals surface area contributed by atoms with Gasteiger partial charge >= 0.3 is 0 Å². The quantitative estimate of drug-likeness (QED) is 0.886. The third kappa shape index (κ3) is 4.36. The number of piperidine rings is 1. The average molecular weight is 353 g/mol. The second-order valence-corrected chi connectivity index (χ2v) is 9.18. The number of benzene rings is 1. The Balaban J connectivity index is 2.12. The number of carbonyl (C=O) groups is 1. The summed E-state index contributed by atoms with van der Waals surface area (Å²) >= 11 is 0. The van der Waals surface area contributed by atoms with E-state index in [-0.39, 0.29) is 23.9 Å². The first-order valence-corrected chi connectivity index (χ1v) is 9.98. The lowest BCUT2D eigenvalue weighted by molar-refractivity contribution is -0.127. The summed E-state index contributed by atoms with van der Waals surface area (Å²) in [6, 6.07) is 6.86. The van der Waals surface area contributed by atoms with Crippen LogP contribution in [0.15, 0.2) is 29.2 Å². The van der Waals surface area contributed by atoms with Gasteiger partial charge in [-0.2, -0.15) is 4.31 Å². The van der Waals surface area contributed by atoms with Crippen LogP contribution in [0.3, 0.4) is 0 Å². The first-order chi connectivity index (χ1) is 11.2. The van der Waals surface area contributed by atoms with Crippen LogP contribution < -0.4 is 5.32 Å². The maximum atomic E-state index is 12.8. The van der Waals surface area contributed by atoms with Crippen LogP contribution in [0.1, 0.15) is 45.6 Å². The normalized spacial score (nSPS) is 19.9. The number of aryl methyl sites for hydroxylation is 1. The molecule has 1 aromatic rings. The van der Waals surface area contributed by atoms with Crippen LogP contribution in [-0.4, -0.2) is 37.3 Å². The van der Waals surface area contributed by atoms with Gasteiger partial charge in [-0.15, -0.1) is 0 Å². The summed E-state index contributed by atoms with van der Waals surface area (Å²) in [5.74, 6) is -0.338. The second kappa shape index (κ2) is 7.23. The van der Waals surface area contributed by atoms with E-state index < -0.39 is 10.0 Å². The summed E-state index contributed by atoms with van der Waals surface area (Å²) in [4.78, 5) is 12.8. The number of amides is 1. The first-order valence-electron chi connectivity index (χ1n) is 8.54. The smallest absolute Gasteiger partial charge is 0.243 e. The molecule has 0 saturated carbocycles. The number of carbonyl (C=O) groups excluding carboxylic acids is 1. The maximum Gasteiger partial charge on any atom is 0.243 e. The molecule has 0 aromatic heterocycles. The van der Waals surface area contributed by atoms with Crippen LogP contribution in [0.5, 0.6) is 0 Å². The highest BCUT2D eigenvalue weighted by Crippen LogP contribution is 2.24. The molecule has 1 aromatic carbocycles. The van der Waals surface area contributed by atoms with Crippen molar-refractivity contribution in [3.8, 4) is 0 Å². The molecule has 1 unspecified atom stereocenters. The molecule has 1 aliphatic heterocycles. The Kier molecular flexibility index (Phi) is 5.71. The zero-order valence-corrected chi connectivity index (χ0v) is 15.8. The summed E-state index contributed by atoms with van der Waals surface area (Å²) in [5.41, 5.74) is 0.751. The van der Waals surface area contributed by atoms with Gasteiger partial charge in [-0.05, 0) is 52.2 Å². The Morgan fingerprint density at radius 1 is 1.29 bits per heavy atom. The first kappa shape index (κ1) is 18.9. The van der Waals surface area contributed by atoms with Gasteiger partial charge in [-0.25, -0.2) is 8.42 Å². The number of nitrogens with one attached hydrogen (secondary N) is 1. The fourth-order valence-electron chi connectivity index (χ4n) is 2.76. The van der Waals surface area contributed by atoms with Gasteiger partial charge in [-0.1, -0.05) is 24.6 Å². The summed E-state index contributed by atoms with van der Waals surface area (Å²) in [6.07, 6.45) is 2.26. The third-order valence-corrected chi connectivity index (χ3v) is 6.64. The van der Waals surface area contributed by atoms with Crippen molar-refractivity contribution in [2.45, 2.75) is 57.4 Å². The number of hydrogen-bond donors (Lipinski definition) is 1. The van der Waals surface area contributed by atoms with Crippen molar-refractivity contribution < 1.29 is 13.2 Å². The molecule has 1 atom stereocenters. The Morgan fingerprint density at radius 3 is 2.50 bits per heavy atom. The Morgan fingerprint density at radius 2 is 1.92 bits per heavy atom. The molecule has 1 fully saturated rings. The minimum atomic E-state index is -3.54. The largest absolute Gasteiger partial charge is 0.351 e. The fourth-order valence-corrected chi connectivity index (χ4v) is 4.28. The zero-order valence-electron chi connectivity index (χ0n) is 15.0. The molecule has 1 aliphatic rings. The van der Waals surface area contributed by atoms with E-state index in [1.807, 2.05) is 27.7 Å². The van der Waals surface area contributed by atoms with E-state index in [4.69, 9.17) is 0 Å². The van der Waals surface area contributed by atoms with Crippen LogP contribution in [0.25, 0.3) is 0 Å². The van der Waals surface area contributed by atoms with Gasteiger partial charge in [0.1, 0.15) is 0 Å². The predicted octanol–water partition coefficient (Wildman–Crippen LogP) is 2.70. The van der Waals surface area contributed by atoms with Crippen molar-refractivity contribution in [2.75, 3.05) is 13.1 Å². The lowest BCUT2D eigenvalue weighted by Crippen LogP contribution is -2.50. The molecule has 0 radical (unpaired) electrons. The molecule has 1 amide bonds. The SMILES string of the molecule is CCC(C)(C)NC(=O)C1CCCN(S(=O)(=O)c2ccc(C)cc2)C1. The highest BCUT2D eigenvalue weighted by Gasteiger charge is 2.34. The van der Waals surface area contributed by atoms with Crippen LogP contribution in [0.2, 0.25) is 0 Å². The average Bonchev–Trinajstić information content (AvgIpc) is 2.55. The number of sulfonamides is 1. The van der Waals surface area contributed by atoms with Crippen molar-refractivity contribution in [1.29, 1.82) is 0 Å². The molecule has 0 aliphatic carbocycles. The van der Waals surface area contributed by atoms with Gasteiger partial charge < -0.3 is 5.32 Å². The number of hydrogen-bond acceptors (Lipinski definition) is 3. The second-order valence-electron chi connectivity index (χ2n) is 7.24. The van der Waals surface area contributed by atoms with E-state index in [2.05, 4.69) is 5.32 Å². The van der Waals surface area contributed by atoms with Crippen LogP contribution in [0, 0.1) is 12.8 Å². The topological polar surface area (TPSA) is 66.5 Å². The third-order valence-electron chi connectivity index (χ3n) is 4.76. The molecule has 5 nitrogen and oxygen atoms in total. The lowest BCUT2D eigenvalue weighted by Gasteiger charge is -2.33. The zero-order chi connectivity index (χ0) is 18.0. The van der Waals surface area contributed by atoms with Crippen molar-refractivity contribution >= 4 is 15.9 Å².